The van der Waals surface area contributed by atoms with Crippen molar-refractivity contribution in [1.82, 2.24) is 14.5 Å². The van der Waals surface area contributed by atoms with Gasteiger partial charge in [-0.25, -0.2) is 9.18 Å². The van der Waals surface area contributed by atoms with Gasteiger partial charge in [0.25, 0.3) is 5.56 Å². The monoisotopic (exact) mass is 367 g/mol. The number of piperidine rings is 1. The Hall–Kier alpha value is -2.73. The second kappa shape index (κ2) is 7.48. The van der Waals surface area contributed by atoms with Gasteiger partial charge in [-0.3, -0.25) is 9.36 Å². The van der Waals surface area contributed by atoms with Crippen LogP contribution in [0, 0.1) is 5.82 Å². The minimum atomic E-state index is -0.361. The number of halogens is 1. The van der Waals surface area contributed by atoms with Crippen molar-refractivity contribution in [2.75, 3.05) is 19.6 Å². The van der Waals surface area contributed by atoms with Crippen LogP contribution in [0.1, 0.15) is 24.3 Å². The second-order valence-electron chi connectivity index (χ2n) is 7.10. The van der Waals surface area contributed by atoms with Crippen LogP contribution in [-0.4, -0.2) is 34.1 Å². The molecular formula is C21H22FN3O2. The van der Waals surface area contributed by atoms with Crippen molar-refractivity contribution in [2.45, 2.75) is 25.3 Å². The molecule has 0 radical (unpaired) electrons. The van der Waals surface area contributed by atoms with Gasteiger partial charge in [0.15, 0.2) is 0 Å². The van der Waals surface area contributed by atoms with Crippen LogP contribution in [0.3, 0.4) is 0 Å². The van der Waals surface area contributed by atoms with E-state index >= 15 is 0 Å². The van der Waals surface area contributed by atoms with E-state index in [2.05, 4.69) is 9.88 Å². The van der Waals surface area contributed by atoms with E-state index in [-0.39, 0.29) is 17.1 Å². The highest BCUT2D eigenvalue weighted by Crippen LogP contribution is 2.27. The normalized spacial score (nSPS) is 16.0. The predicted octanol–water partition coefficient (Wildman–Crippen LogP) is 2.71. The molecule has 6 heteroatoms. The molecule has 2 aromatic carbocycles. The zero-order chi connectivity index (χ0) is 18.8. The second-order valence-corrected chi connectivity index (χ2v) is 7.10. The first-order valence-electron chi connectivity index (χ1n) is 9.31. The van der Waals surface area contributed by atoms with Gasteiger partial charge in [-0.2, -0.15) is 0 Å². The zero-order valence-electron chi connectivity index (χ0n) is 15.0. The van der Waals surface area contributed by atoms with E-state index in [1.54, 1.807) is 24.3 Å². The van der Waals surface area contributed by atoms with E-state index in [9.17, 15) is 14.0 Å². The summed E-state index contributed by atoms with van der Waals surface area (Å²) in [6.45, 7) is 2.85. The largest absolute Gasteiger partial charge is 0.328 e. The zero-order valence-corrected chi connectivity index (χ0v) is 15.0. The van der Waals surface area contributed by atoms with E-state index in [0.717, 1.165) is 25.9 Å². The summed E-state index contributed by atoms with van der Waals surface area (Å²) < 4.78 is 14.4. The van der Waals surface area contributed by atoms with Crippen LogP contribution < -0.4 is 11.2 Å². The number of para-hydroxylation sites is 1. The average Bonchev–Trinajstić information content (AvgIpc) is 2.69. The van der Waals surface area contributed by atoms with E-state index in [0.29, 0.717) is 29.9 Å². The summed E-state index contributed by atoms with van der Waals surface area (Å²) in [5, 5.41) is 0.534. The van der Waals surface area contributed by atoms with Gasteiger partial charge >= 0.3 is 5.69 Å². The summed E-state index contributed by atoms with van der Waals surface area (Å²) in [6, 6.07) is 13.8. The molecule has 1 aliphatic heterocycles. The minimum absolute atomic E-state index is 0.206. The Morgan fingerprint density at radius 3 is 2.41 bits per heavy atom. The number of fused-ring (bicyclic) bond motifs is 1. The molecule has 5 nitrogen and oxygen atoms in total. The molecule has 1 saturated heterocycles. The summed E-state index contributed by atoms with van der Waals surface area (Å²) in [5.41, 5.74) is 1.15. The first-order valence-corrected chi connectivity index (χ1v) is 9.31. The number of nitrogens with one attached hydrogen (secondary N) is 1. The van der Waals surface area contributed by atoms with Crippen LogP contribution in [0.2, 0.25) is 0 Å². The highest BCUT2D eigenvalue weighted by Gasteiger charge is 2.20. The summed E-state index contributed by atoms with van der Waals surface area (Å²) in [5.74, 6) is 0.232. The maximum atomic E-state index is 13.1. The Balaban J connectivity index is 1.40. The van der Waals surface area contributed by atoms with Gasteiger partial charge in [0.2, 0.25) is 0 Å². The van der Waals surface area contributed by atoms with Crippen LogP contribution in [-0.2, 0) is 6.54 Å². The maximum Gasteiger partial charge on any atom is 0.328 e. The van der Waals surface area contributed by atoms with Gasteiger partial charge in [-0.15, -0.1) is 0 Å². The van der Waals surface area contributed by atoms with Crippen molar-refractivity contribution in [2.24, 2.45) is 0 Å². The molecule has 1 aromatic heterocycles. The highest BCUT2D eigenvalue weighted by molar-refractivity contribution is 5.76. The smallest absolute Gasteiger partial charge is 0.307 e. The summed E-state index contributed by atoms with van der Waals surface area (Å²) in [7, 11) is 0. The number of H-pyrrole nitrogens is 1. The van der Waals surface area contributed by atoms with Gasteiger partial charge < -0.3 is 9.88 Å². The van der Waals surface area contributed by atoms with E-state index in [4.69, 9.17) is 0 Å². The number of benzene rings is 2. The average molecular weight is 367 g/mol. The van der Waals surface area contributed by atoms with Gasteiger partial charge in [-0.1, -0.05) is 24.3 Å². The van der Waals surface area contributed by atoms with Crippen molar-refractivity contribution < 1.29 is 4.39 Å². The standard InChI is InChI=1S/C21H22FN3O2/c22-17-7-5-15(6-8-17)16-9-11-24(12-10-16)13-14-25-20(26)18-3-1-2-4-19(18)23-21(25)27/h1-8,16H,9-14H2,(H,23,27). The quantitative estimate of drug-likeness (QED) is 0.771. The predicted molar refractivity (Wildman–Crippen MR) is 104 cm³/mol. The Labute approximate surface area is 156 Å². The SMILES string of the molecule is O=c1[nH]c2ccccc2c(=O)n1CCN1CCC(c2ccc(F)cc2)CC1. The molecule has 27 heavy (non-hydrogen) atoms. The maximum absolute atomic E-state index is 13.1. The lowest BCUT2D eigenvalue weighted by Crippen LogP contribution is -2.41. The molecular weight excluding hydrogens is 345 g/mol. The lowest BCUT2D eigenvalue weighted by molar-refractivity contribution is 0.204. The third-order valence-electron chi connectivity index (χ3n) is 5.46. The number of hydrogen-bond acceptors (Lipinski definition) is 3. The first-order chi connectivity index (χ1) is 13.1. The number of nitrogens with zero attached hydrogens (tertiary/aromatic N) is 2. The molecule has 0 saturated carbocycles. The van der Waals surface area contributed by atoms with Gasteiger partial charge in [0.1, 0.15) is 5.82 Å². The number of likely N-dealkylation sites (tertiary alicyclic amines) is 1. The topological polar surface area (TPSA) is 58.1 Å². The number of aromatic amines is 1. The number of hydrogen-bond donors (Lipinski definition) is 1. The first kappa shape index (κ1) is 17.7. The van der Waals surface area contributed by atoms with E-state index in [1.165, 1.54) is 22.3 Å². The van der Waals surface area contributed by atoms with Crippen LogP contribution in [0.25, 0.3) is 10.9 Å². The number of aromatic nitrogens is 2. The lowest BCUT2D eigenvalue weighted by Gasteiger charge is -2.32. The minimum Gasteiger partial charge on any atom is -0.307 e. The van der Waals surface area contributed by atoms with Crippen LogP contribution in [0.5, 0.6) is 0 Å². The molecule has 0 unspecified atom stereocenters. The molecule has 1 N–H and O–H groups in total. The molecule has 1 fully saturated rings. The molecule has 2 heterocycles. The summed E-state index contributed by atoms with van der Waals surface area (Å²) in [4.78, 5) is 29.9. The summed E-state index contributed by atoms with van der Waals surface area (Å²) in [6.07, 6.45) is 1.99. The van der Waals surface area contributed by atoms with Crippen molar-refractivity contribution in [1.29, 1.82) is 0 Å². The van der Waals surface area contributed by atoms with Crippen LogP contribution >= 0.6 is 0 Å². The fourth-order valence-electron chi connectivity index (χ4n) is 3.87. The van der Waals surface area contributed by atoms with Crippen LogP contribution in [0.15, 0.2) is 58.1 Å². The van der Waals surface area contributed by atoms with Gasteiger partial charge in [-0.05, 0) is 61.7 Å². The van der Waals surface area contributed by atoms with Crippen molar-refractivity contribution in [3.8, 4) is 0 Å². The Morgan fingerprint density at radius 1 is 0.963 bits per heavy atom. The van der Waals surface area contributed by atoms with Crippen LogP contribution in [0.4, 0.5) is 4.39 Å². The van der Waals surface area contributed by atoms with Crippen molar-refractivity contribution >= 4 is 10.9 Å². The molecule has 0 bridgehead atoms. The molecule has 1 aliphatic rings. The van der Waals surface area contributed by atoms with Crippen molar-refractivity contribution in [3.63, 3.8) is 0 Å². The Kier molecular flexibility index (Phi) is 4.90. The summed E-state index contributed by atoms with van der Waals surface area (Å²) >= 11 is 0. The molecule has 140 valence electrons. The molecule has 3 aromatic rings. The van der Waals surface area contributed by atoms with E-state index < -0.39 is 0 Å². The Bertz CT molecular complexity index is 1050. The van der Waals surface area contributed by atoms with Gasteiger partial charge in [0, 0.05) is 13.1 Å². The molecule has 4 rings (SSSR count). The van der Waals surface area contributed by atoms with Gasteiger partial charge in [0.05, 0.1) is 10.9 Å². The fraction of sp³-hybridized carbons (Fsp3) is 0.333. The third kappa shape index (κ3) is 3.71. The van der Waals surface area contributed by atoms with Crippen molar-refractivity contribution in [3.05, 3.63) is 80.7 Å². The highest BCUT2D eigenvalue weighted by atomic mass is 19.1. The fourth-order valence-corrected chi connectivity index (χ4v) is 3.87. The molecule has 0 atom stereocenters. The molecule has 0 amide bonds. The Morgan fingerprint density at radius 2 is 1.67 bits per heavy atom. The molecule has 0 aliphatic carbocycles. The number of rotatable bonds is 4. The lowest BCUT2D eigenvalue weighted by atomic mass is 9.89. The van der Waals surface area contributed by atoms with E-state index in [1.807, 2.05) is 12.1 Å². The third-order valence-corrected chi connectivity index (χ3v) is 5.46. The molecule has 0 spiro atoms.